The summed E-state index contributed by atoms with van der Waals surface area (Å²) in [5.74, 6) is 0. The summed E-state index contributed by atoms with van der Waals surface area (Å²) in [7, 11) is 0. The smallest absolute Gasteiger partial charge is 0.314 e. The first-order valence-corrected chi connectivity index (χ1v) is 9.28. The number of nitrogens with two attached hydrogens (primary N) is 2. The number of anilines is 2. The standard InChI is InChI=1S/C18H17F3N6S/c1-10-4-2-3-5-12(10)27-14-15(22)26(9-25-16(14)28-17(27)23)11-6-7-13(24-8-11)18(19,20)21/h2-9,15,17H,22-23H2,1H3. The molecule has 1 aromatic heterocycles. The van der Waals surface area contributed by atoms with Gasteiger partial charge in [-0.05, 0) is 30.7 Å². The molecule has 0 spiro atoms. The molecule has 4 N–H and O–H groups in total. The lowest BCUT2D eigenvalue weighted by Gasteiger charge is -2.36. The molecule has 3 heterocycles. The molecule has 2 aliphatic rings. The van der Waals surface area contributed by atoms with E-state index in [9.17, 15) is 13.2 Å². The number of aryl methyl sites for hydroxylation is 1. The van der Waals surface area contributed by atoms with E-state index in [0.717, 1.165) is 23.5 Å². The zero-order chi connectivity index (χ0) is 20.1. The third-order valence-corrected chi connectivity index (χ3v) is 5.55. The zero-order valence-electron chi connectivity index (χ0n) is 14.8. The van der Waals surface area contributed by atoms with E-state index in [1.54, 1.807) is 4.90 Å². The van der Waals surface area contributed by atoms with Crippen molar-refractivity contribution in [3.05, 3.63) is 64.6 Å². The van der Waals surface area contributed by atoms with Gasteiger partial charge in [0.05, 0.1) is 23.9 Å². The second kappa shape index (κ2) is 6.80. The summed E-state index contributed by atoms with van der Waals surface area (Å²) in [6.07, 6.45) is -2.54. The Morgan fingerprint density at radius 3 is 2.50 bits per heavy atom. The molecule has 0 radical (unpaired) electrons. The molecule has 0 fully saturated rings. The third-order valence-electron chi connectivity index (χ3n) is 4.56. The lowest BCUT2D eigenvalue weighted by atomic mass is 10.1. The minimum Gasteiger partial charge on any atom is -0.314 e. The molecule has 2 unspecified atom stereocenters. The summed E-state index contributed by atoms with van der Waals surface area (Å²) >= 11 is 1.38. The van der Waals surface area contributed by atoms with E-state index in [2.05, 4.69) is 9.98 Å². The van der Waals surface area contributed by atoms with Crippen molar-refractivity contribution in [1.29, 1.82) is 0 Å². The van der Waals surface area contributed by atoms with Gasteiger partial charge in [-0.15, -0.1) is 0 Å². The van der Waals surface area contributed by atoms with Crippen LogP contribution >= 0.6 is 11.8 Å². The fourth-order valence-corrected chi connectivity index (χ4v) is 4.19. The molecule has 0 aliphatic carbocycles. The molecule has 0 amide bonds. The summed E-state index contributed by atoms with van der Waals surface area (Å²) in [5, 5.41) is 0.694. The number of nitrogens with zero attached hydrogens (tertiary/aromatic N) is 4. The number of pyridine rings is 1. The van der Waals surface area contributed by atoms with E-state index < -0.39 is 23.5 Å². The van der Waals surface area contributed by atoms with Gasteiger partial charge in [-0.3, -0.25) is 0 Å². The van der Waals surface area contributed by atoms with Crippen molar-refractivity contribution in [3.8, 4) is 0 Å². The highest BCUT2D eigenvalue weighted by Crippen LogP contribution is 2.44. The summed E-state index contributed by atoms with van der Waals surface area (Å²) < 4.78 is 38.3. The van der Waals surface area contributed by atoms with Gasteiger partial charge in [0.15, 0.2) is 0 Å². The van der Waals surface area contributed by atoms with Crippen molar-refractivity contribution < 1.29 is 13.2 Å². The van der Waals surface area contributed by atoms with E-state index in [-0.39, 0.29) is 0 Å². The summed E-state index contributed by atoms with van der Waals surface area (Å²) in [6.45, 7) is 1.97. The number of thioether (sulfide) groups is 1. The van der Waals surface area contributed by atoms with E-state index in [1.165, 1.54) is 24.2 Å². The second-order valence-electron chi connectivity index (χ2n) is 6.35. The number of benzene rings is 1. The lowest BCUT2D eigenvalue weighted by Crippen LogP contribution is -2.50. The molecule has 2 atom stereocenters. The van der Waals surface area contributed by atoms with Gasteiger partial charge in [0, 0.05) is 5.69 Å². The Hall–Kier alpha value is -2.56. The van der Waals surface area contributed by atoms with Crippen molar-refractivity contribution >= 4 is 29.5 Å². The fourth-order valence-electron chi connectivity index (χ4n) is 3.19. The van der Waals surface area contributed by atoms with Crippen LogP contribution in [0.25, 0.3) is 0 Å². The quantitative estimate of drug-likeness (QED) is 0.797. The predicted molar refractivity (Wildman–Crippen MR) is 104 cm³/mol. The number of halogens is 3. The molecular formula is C18H17F3N6S. The normalized spacial score (nSPS) is 22.1. The Labute approximate surface area is 163 Å². The Morgan fingerprint density at radius 1 is 1.11 bits per heavy atom. The van der Waals surface area contributed by atoms with Crippen LogP contribution in [0.3, 0.4) is 0 Å². The highest BCUT2D eigenvalue weighted by molar-refractivity contribution is 8.04. The van der Waals surface area contributed by atoms with Crippen LogP contribution < -0.4 is 21.3 Å². The average Bonchev–Trinajstić information content (AvgIpc) is 2.99. The molecule has 4 rings (SSSR count). The van der Waals surface area contributed by atoms with E-state index in [0.29, 0.717) is 16.4 Å². The van der Waals surface area contributed by atoms with E-state index in [4.69, 9.17) is 11.5 Å². The van der Waals surface area contributed by atoms with Crippen LogP contribution in [-0.4, -0.2) is 23.0 Å². The maximum absolute atomic E-state index is 12.8. The predicted octanol–water partition coefficient (Wildman–Crippen LogP) is 3.21. The molecule has 1 aromatic carbocycles. The Bertz CT molecular complexity index is 957. The van der Waals surface area contributed by atoms with E-state index in [1.807, 2.05) is 36.1 Å². The number of alkyl halides is 3. The van der Waals surface area contributed by atoms with Crippen molar-refractivity contribution in [3.63, 3.8) is 0 Å². The van der Waals surface area contributed by atoms with E-state index >= 15 is 0 Å². The molecule has 0 saturated carbocycles. The first kappa shape index (κ1) is 18.8. The number of hydrogen-bond donors (Lipinski definition) is 2. The van der Waals surface area contributed by atoms with Crippen LogP contribution in [0.1, 0.15) is 11.3 Å². The largest absolute Gasteiger partial charge is 0.433 e. The van der Waals surface area contributed by atoms with Gasteiger partial charge in [0.25, 0.3) is 0 Å². The minimum absolute atomic E-state index is 0.403. The monoisotopic (exact) mass is 406 g/mol. The molecule has 0 bridgehead atoms. The molecule has 146 valence electrons. The average molecular weight is 406 g/mol. The molecule has 0 saturated heterocycles. The number of hydrogen-bond acceptors (Lipinski definition) is 7. The van der Waals surface area contributed by atoms with Crippen LogP contribution in [0.2, 0.25) is 0 Å². The summed E-state index contributed by atoms with van der Waals surface area (Å²) in [5.41, 5.74) is 14.5. The SMILES string of the molecule is Cc1ccccc1N1C2=C(N=CN(c3ccc(C(F)(F)F)nc3)C2N)SC1N. The zero-order valence-corrected chi connectivity index (χ0v) is 15.6. The van der Waals surface area contributed by atoms with Crippen molar-refractivity contribution in [2.24, 2.45) is 16.5 Å². The lowest BCUT2D eigenvalue weighted by molar-refractivity contribution is -0.141. The van der Waals surface area contributed by atoms with Gasteiger partial charge in [0.1, 0.15) is 22.4 Å². The number of para-hydroxylation sites is 1. The first-order chi connectivity index (χ1) is 13.3. The van der Waals surface area contributed by atoms with Gasteiger partial charge >= 0.3 is 6.18 Å². The van der Waals surface area contributed by atoms with Gasteiger partial charge in [-0.1, -0.05) is 30.0 Å². The first-order valence-electron chi connectivity index (χ1n) is 8.40. The maximum atomic E-state index is 12.8. The molecule has 2 aliphatic heterocycles. The number of aromatic nitrogens is 1. The van der Waals surface area contributed by atoms with Gasteiger partial charge in [-0.25, -0.2) is 9.98 Å². The molecular weight excluding hydrogens is 389 g/mol. The van der Waals surface area contributed by atoms with Gasteiger partial charge in [-0.2, -0.15) is 13.2 Å². The Balaban J connectivity index is 1.68. The van der Waals surface area contributed by atoms with Crippen LogP contribution in [0.5, 0.6) is 0 Å². The fraction of sp³-hybridized carbons (Fsp3) is 0.222. The van der Waals surface area contributed by atoms with Crippen molar-refractivity contribution in [2.45, 2.75) is 24.8 Å². The highest BCUT2D eigenvalue weighted by Gasteiger charge is 2.40. The second-order valence-corrected chi connectivity index (χ2v) is 7.46. The van der Waals surface area contributed by atoms with Gasteiger partial charge < -0.3 is 21.3 Å². The minimum atomic E-state index is -4.50. The molecule has 2 aromatic rings. The van der Waals surface area contributed by atoms with Crippen LogP contribution in [-0.2, 0) is 6.18 Å². The Morgan fingerprint density at radius 2 is 1.86 bits per heavy atom. The highest BCUT2D eigenvalue weighted by atomic mass is 32.2. The summed E-state index contributed by atoms with van der Waals surface area (Å²) in [4.78, 5) is 11.4. The van der Waals surface area contributed by atoms with Crippen LogP contribution in [0.15, 0.2) is 58.3 Å². The third kappa shape index (κ3) is 3.13. The number of rotatable bonds is 2. The van der Waals surface area contributed by atoms with Crippen LogP contribution in [0.4, 0.5) is 24.5 Å². The Kier molecular flexibility index (Phi) is 4.56. The molecule has 10 heteroatoms. The molecule has 6 nitrogen and oxygen atoms in total. The van der Waals surface area contributed by atoms with Gasteiger partial charge in [0.2, 0.25) is 0 Å². The van der Waals surface area contributed by atoms with Crippen molar-refractivity contribution in [2.75, 3.05) is 9.80 Å². The maximum Gasteiger partial charge on any atom is 0.433 e. The topological polar surface area (TPSA) is 83.8 Å². The number of aliphatic imine (C=N–C) groups is 1. The van der Waals surface area contributed by atoms with Crippen molar-refractivity contribution in [1.82, 2.24) is 4.98 Å². The van der Waals surface area contributed by atoms with Crippen LogP contribution in [0, 0.1) is 6.92 Å². The summed E-state index contributed by atoms with van der Waals surface area (Å²) in [6, 6.07) is 10.0. The molecule has 28 heavy (non-hydrogen) atoms.